The minimum absolute atomic E-state index is 0.00587. The SMILES string of the molecule is CCCN(C(=O)CSc1nc2ccccc2n1CC)[C@H]1CCS(=O)(=O)C1. The van der Waals surface area contributed by atoms with Crippen LogP contribution in [-0.4, -0.2) is 58.6 Å². The van der Waals surface area contributed by atoms with Crippen LogP contribution in [0.2, 0.25) is 0 Å². The number of imidazole rings is 1. The van der Waals surface area contributed by atoms with E-state index in [1.807, 2.05) is 31.2 Å². The van der Waals surface area contributed by atoms with Gasteiger partial charge in [0.1, 0.15) is 0 Å². The Morgan fingerprint density at radius 3 is 2.77 bits per heavy atom. The first-order valence-corrected chi connectivity index (χ1v) is 11.8. The molecule has 0 spiro atoms. The van der Waals surface area contributed by atoms with Crippen molar-refractivity contribution in [1.82, 2.24) is 14.5 Å². The van der Waals surface area contributed by atoms with E-state index in [0.717, 1.165) is 29.2 Å². The van der Waals surface area contributed by atoms with E-state index >= 15 is 0 Å². The van der Waals surface area contributed by atoms with E-state index in [1.54, 1.807) is 4.90 Å². The average Bonchev–Trinajstić information content (AvgIpc) is 3.16. The number of sulfone groups is 1. The molecule has 1 fully saturated rings. The van der Waals surface area contributed by atoms with Crippen molar-refractivity contribution < 1.29 is 13.2 Å². The maximum Gasteiger partial charge on any atom is 0.233 e. The van der Waals surface area contributed by atoms with Crippen molar-refractivity contribution in [3.8, 4) is 0 Å². The van der Waals surface area contributed by atoms with E-state index in [2.05, 4.69) is 16.5 Å². The highest BCUT2D eigenvalue weighted by molar-refractivity contribution is 7.99. The fourth-order valence-corrected chi connectivity index (χ4v) is 6.15. The number of nitrogens with zero attached hydrogens (tertiary/aromatic N) is 3. The lowest BCUT2D eigenvalue weighted by Crippen LogP contribution is -2.42. The molecule has 0 saturated carbocycles. The summed E-state index contributed by atoms with van der Waals surface area (Å²) in [6, 6.07) is 7.76. The first-order valence-electron chi connectivity index (χ1n) is 9.03. The van der Waals surface area contributed by atoms with Crippen molar-refractivity contribution in [1.29, 1.82) is 0 Å². The Balaban J connectivity index is 1.72. The second-order valence-electron chi connectivity index (χ2n) is 6.56. The molecule has 1 saturated heterocycles. The topological polar surface area (TPSA) is 72.3 Å². The molecule has 2 aromatic rings. The molecule has 1 aromatic heterocycles. The highest BCUT2D eigenvalue weighted by Crippen LogP contribution is 2.25. The van der Waals surface area contributed by atoms with Gasteiger partial charge in [0.05, 0.1) is 28.3 Å². The molecule has 1 aliphatic rings. The Labute approximate surface area is 158 Å². The third-order valence-corrected chi connectivity index (χ3v) is 7.41. The largest absolute Gasteiger partial charge is 0.338 e. The number of thioether (sulfide) groups is 1. The molecule has 3 rings (SSSR count). The smallest absolute Gasteiger partial charge is 0.233 e. The zero-order valence-electron chi connectivity index (χ0n) is 15.2. The van der Waals surface area contributed by atoms with Crippen LogP contribution < -0.4 is 0 Å². The molecule has 1 atom stereocenters. The van der Waals surface area contributed by atoms with Crippen LogP contribution in [-0.2, 0) is 21.2 Å². The molecular formula is C18H25N3O3S2. The Morgan fingerprint density at radius 1 is 1.35 bits per heavy atom. The number of amides is 1. The highest BCUT2D eigenvalue weighted by atomic mass is 32.2. The highest BCUT2D eigenvalue weighted by Gasteiger charge is 2.34. The third kappa shape index (κ3) is 4.06. The molecule has 1 aromatic carbocycles. The molecule has 1 aliphatic heterocycles. The molecule has 1 amide bonds. The predicted octanol–water partition coefficient (Wildman–Crippen LogP) is 2.57. The van der Waals surface area contributed by atoms with Crippen molar-refractivity contribution >= 4 is 38.5 Å². The number of fused-ring (bicyclic) bond motifs is 1. The van der Waals surface area contributed by atoms with Crippen LogP contribution in [0.5, 0.6) is 0 Å². The van der Waals surface area contributed by atoms with E-state index in [0.29, 0.717) is 13.0 Å². The zero-order chi connectivity index (χ0) is 18.7. The molecule has 142 valence electrons. The fraction of sp³-hybridized carbons (Fsp3) is 0.556. The van der Waals surface area contributed by atoms with Crippen LogP contribution >= 0.6 is 11.8 Å². The van der Waals surface area contributed by atoms with Gasteiger partial charge in [-0.2, -0.15) is 0 Å². The van der Waals surface area contributed by atoms with Gasteiger partial charge in [-0.05, 0) is 31.9 Å². The Morgan fingerprint density at radius 2 is 2.12 bits per heavy atom. The number of hydrogen-bond donors (Lipinski definition) is 0. The lowest BCUT2D eigenvalue weighted by atomic mass is 10.2. The molecule has 8 heteroatoms. The number of aryl methyl sites for hydroxylation is 1. The summed E-state index contributed by atoms with van der Waals surface area (Å²) in [5.74, 6) is 0.550. The Bertz CT molecular complexity index is 892. The number of para-hydroxylation sites is 2. The molecular weight excluding hydrogens is 370 g/mol. The van der Waals surface area contributed by atoms with Crippen LogP contribution in [0.15, 0.2) is 29.4 Å². The predicted molar refractivity (Wildman–Crippen MR) is 105 cm³/mol. The summed E-state index contributed by atoms with van der Waals surface area (Å²) in [5, 5.41) is 0.831. The second-order valence-corrected chi connectivity index (χ2v) is 9.73. The van der Waals surface area contributed by atoms with Crippen molar-refractivity contribution in [3.63, 3.8) is 0 Å². The number of rotatable bonds is 7. The standard InChI is InChI=1S/C18H25N3O3S2/c1-3-10-21(14-9-11-26(23,24)13-14)17(22)12-25-18-19-15-7-5-6-8-16(15)20(18)4-2/h5-8,14H,3-4,9-13H2,1-2H3/t14-/m0/s1. The summed E-state index contributed by atoms with van der Waals surface area (Å²) in [4.78, 5) is 19.2. The van der Waals surface area contributed by atoms with Gasteiger partial charge >= 0.3 is 0 Å². The van der Waals surface area contributed by atoms with Gasteiger partial charge in [-0.3, -0.25) is 4.79 Å². The van der Waals surface area contributed by atoms with E-state index in [9.17, 15) is 13.2 Å². The first kappa shape index (κ1) is 19.2. The van der Waals surface area contributed by atoms with Crippen molar-refractivity contribution in [2.75, 3.05) is 23.8 Å². The molecule has 2 heterocycles. The van der Waals surface area contributed by atoms with E-state index in [4.69, 9.17) is 0 Å². The minimum atomic E-state index is -3.00. The Hall–Kier alpha value is -1.54. The summed E-state index contributed by atoms with van der Waals surface area (Å²) in [7, 11) is -3.00. The van der Waals surface area contributed by atoms with Crippen LogP contribution in [0.4, 0.5) is 0 Å². The first-order chi connectivity index (χ1) is 12.4. The lowest BCUT2D eigenvalue weighted by molar-refractivity contribution is -0.130. The molecule has 26 heavy (non-hydrogen) atoms. The monoisotopic (exact) mass is 395 g/mol. The fourth-order valence-electron chi connectivity index (χ4n) is 3.45. The number of benzene rings is 1. The summed E-state index contributed by atoms with van der Waals surface area (Å²) in [6.45, 7) is 5.46. The average molecular weight is 396 g/mol. The molecule has 6 nitrogen and oxygen atoms in total. The molecule has 0 bridgehead atoms. The Kier molecular flexibility index (Phi) is 5.92. The second kappa shape index (κ2) is 8.00. The summed E-state index contributed by atoms with van der Waals surface area (Å²) in [5.41, 5.74) is 1.99. The number of carbonyl (C=O) groups is 1. The van der Waals surface area contributed by atoms with Crippen LogP contribution in [0.1, 0.15) is 26.7 Å². The van der Waals surface area contributed by atoms with Gasteiger partial charge in [-0.15, -0.1) is 0 Å². The zero-order valence-corrected chi connectivity index (χ0v) is 16.9. The molecule has 0 N–H and O–H groups in total. The van der Waals surface area contributed by atoms with Gasteiger partial charge in [0, 0.05) is 19.1 Å². The van der Waals surface area contributed by atoms with Crippen molar-refractivity contribution in [2.45, 2.75) is 44.4 Å². The van der Waals surface area contributed by atoms with Crippen molar-refractivity contribution in [2.24, 2.45) is 0 Å². The molecule has 0 radical (unpaired) electrons. The van der Waals surface area contributed by atoms with Gasteiger partial charge in [0.15, 0.2) is 15.0 Å². The normalized spacial score (nSPS) is 19.1. The lowest BCUT2D eigenvalue weighted by Gasteiger charge is -2.27. The maximum absolute atomic E-state index is 12.8. The summed E-state index contributed by atoms with van der Waals surface area (Å²) < 4.78 is 25.7. The van der Waals surface area contributed by atoms with Crippen molar-refractivity contribution in [3.05, 3.63) is 24.3 Å². The van der Waals surface area contributed by atoms with Crippen LogP contribution in [0.3, 0.4) is 0 Å². The minimum Gasteiger partial charge on any atom is -0.338 e. The number of hydrogen-bond acceptors (Lipinski definition) is 5. The summed E-state index contributed by atoms with van der Waals surface area (Å²) in [6.07, 6.45) is 1.37. The van der Waals surface area contributed by atoms with Gasteiger partial charge in [0.2, 0.25) is 5.91 Å². The third-order valence-electron chi connectivity index (χ3n) is 4.69. The van der Waals surface area contributed by atoms with E-state index in [1.165, 1.54) is 11.8 Å². The molecule has 0 aliphatic carbocycles. The van der Waals surface area contributed by atoms with Gasteiger partial charge in [-0.1, -0.05) is 30.8 Å². The van der Waals surface area contributed by atoms with Crippen LogP contribution in [0.25, 0.3) is 11.0 Å². The summed E-state index contributed by atoms with van der Waals surface area (Å²) >= 11 is 1.43. The van der Waals surface area contributed by atoms with Gasteiger partial charge < -0.3 is 9.47 Å². The number of carbonyl (C=O) groups excluding carboxylic acids is 1. The van der Waals surface area contributed by atoms with Crippen LogP contribution in [0, 0.1) is 0 Å². The molecule has 0 unspecified atom stereocenters. The number of aromatic nitrogens is 2. The van der Waals surface area contributed by atoms with E-state index in [-0.39, 0.29) is 29.2 Å². The maximum atomic E-state index is 12.8. The quantitative estimate of drug-likeness (QED) is 0.674. The van der Waals surface area contributed by atoms with Gasteiger partial charge in [0.25, 0.3) is 0 Å². The van der Waals surface area contributed by atoms with Gasteiger partial charge in [-0.25, -0.2) is 13.4 Å². The van der Waals surface area contributed by atoms with E-state index < -0.39 is 9.84 Å².